The van der Waals surface area contributed by atoms with Crippen LogP contribution in [-0.4, -0.2) is 68.7 Å². The van der Waals surface area contributed by atoms with E-state index in [1.807, 2.05) is 13.0 Å². The zero-order valence-corrected chi connectivity index (χ0v) is 18.7. The Balaban J connectivity index is 2.54. The molecule has 0 unspecified atom stereocenters. The smallest absolute Gasteiger partial charge is 0.339 e. The van der Waals surface area contributed by atoms with Crippen molar-refractivity contribution in [3.05, 3.63) is 23.8 Å². The Morgan fingerprint density at radius 2 is 1.47 bits per heavy atom. The maximum Gasteiger partial charge on any atom is 0.339 e. The first kappa shape index (κ1) is 24.9. The SMILES string of the molecule is CNc1cc(C)ccc1O[C@@H]1O[C@H](C(=O)OC)[C@@H](OC(C)=O)[C@H](OC(C)=O)[C@H]1OC(C)=O. The van der Waals surface area contributed by atoms with Crippen molar-refractivity contribution in [2.75, 3.05) is 19.5 Å². The Morgan fingerprint density at radius 1 is 0.906 bits per heavy atom. The summed E-state index contributed by atoms with van der Waals surface area (Å²) >= 11 is 0. The molecule has 0 bridgehead atoms. The van der Waals surface area contributed by atoms with Crippen LogP contribution < -0.4 is 10.1 Å². The van der Waals surface area contributed by atoms with Gasteiger partial charge in [0.1, 0.15) is 5.75 Å². The number of benzene rings is 1. The van der Waals surface area contributed by atoms with Crippen LogP contribution in [0, 0.1) is 6.92 Å². The zero-order chi connectivity index (χ0) is 24.0. The fraction of sp³-hybridized carbons (Fsp3) is 0.524. The monoisotopic (exact) mass is 453 g/mol. The highest BCUT2D eigenvalue weighted by atomic mass is 16.7. The molecule has 0 aromatic heterocycles. The third-order valence-electron chi connectivity index (χ3n) is 4.48. The number of aryl methyl sites for hydroxylation is 1. The molecule has 176 valence electrons. The molecule has 1 heterocycles. The predicted octanol–water partition coefficient (Wildman–Crippen LogP) is 1.11. The molecule has 0 saturated carbocycles. The van der Waals surface area contributed by atoms with E-state index in [0.717, 1.165) is 33.4 Å². The highest BCUT2D eigenvalue weighted by Crippen LogP contribution is 2.33. The molecule has 1 N–H and O–H groups in total. The second-order valence-electron chi connectivity index (χ2n) is 7.04. The molecule has 1 saturated heterocycles. The number of ether oxygens (including phenoxy) is 6. The first-order chi connectivity index (χ1) is 15.1. The van der Waals surface area contributed by atoms with E-state index in [-0.39, 0.29) is 0 Å². The molecule has 0 amide bonds. The first-order valence-electron chi connectivity index (χ1n) is 9.77. The van der Waals surface area contributed by atoms with Gasteiger partial charge in [0.25, 0.3) is 0 Å². The van der Waals surface area contributed by atoms with Crippen LogP contribution in [-0.2, 0) is 42.9 Å². The van der Waals surface area contributed by atoms with E-state index in [1.54, 1.807) is 19.2 Å². The normalized spacial score (nSPS) is 24.6. The molecule has 32 heavy (non-hydrogen) atoms. The van der Waals surface area contributed by atoms with Crippen LogP contribution in [0.15, 0.2) is 18.2 Å². The van der Waals surface area contributed by atoms with Gasteiger partial charge in [0.15, 0.2) is 18.3 Å². The van der Waals surface area contributed by atoms with Crippen molar-refractivity contribution in [1.29, 1.82) is 0 Å². The van der Waals surface area contributed by atoms with Gasteiger partial charge in [-0.05, 0) is 24.6 Å². The number of esters is 4. The van der Waals surface area contributed by atoms with Gasteiger partial charge in [-0.2, -0.15) is 0 Å². The summed E-state index contributed by atoms with van der Waals surface area (Å²) in [6.07, 6.45) is -7.16. The molecule has 1 aliphatic rings. The maximum atomic E-state index is 12.4. The topological polar surface area (TPSA) is 136 Å². The molecule has 1 fully saturated rings. The van der Waals surface area contributed by atoms with Crippen molar-refractivity contribution >= 4 is 29.6 Å². The quantitative estimate of drug-likeness (QED) is 0.470. The van der Waals surface area contributed by atoms with Gasteiger partial charge in [0, 0.05) is 27.8 Å². The third kappa shape index (κ3) is 6.10. The number of hydrogen-bond acceptors (Lipinski definition) is 11. The Bertz CT molecular complexity index is 870. The van der Waals surface area contributed by atoms with Gasteiger partial charge in [0.05, 0.1) is 12.8 Å². The average Bonchev–Trinajstić information content (AvgIpc) is 2.71. The molecule has 1 aromatic carbocycles. The van der Waals surface area contributed by atoms with Crippen molar-refractivity contribution in [3.8, 4) is 5.75 Å². The molecular formula is C21H27NO10. The van der Waals surface area contributed by atoms with Crippen LogP contribution in [0.5, 0.6) is 5.75 Å². The predicted molar refractivity (Wildman–Crippen MR) is 109 cm³/mol. The zero-order valence-electron chi connectivity index (χ0n) is 18.7. The summed E-state index contributed by atoms with van der Waals surface area (Å²) in [5, 5.41) is 2.97. The van der Waals surface area contributed by atoms with Crippen molar-refractivity contribution in [1.82, 2.24) is 0 Å². The Morgan fingerprint density at radius 3 is 2.00 bits per heavy atom. The number of carbonyl (C=O) groups is 4. The van der Waals surface area contributed by atoms with E-state index < -0.39 is 54.6 Å². The second-order valence-corrected chi connectivity index (χ2v) is 7.04. The van der Waals surface area contributed by atoms with Gasteiger partial charge in [-0.15, -0.1) is 0 Å². The van der Waals surface area contributed by atoms with Crippen molar-refractivity contribution in [2.45, 2.75) is 58.4 Å². The van der Waals surface area contributed by atoms with Gasteiger partial charge in [0.2, 0.25) is 12.4 Å². The Hall–Kier alpha value is -3.34. The summed E-state index contributed by atoms with van der Waals surface area (Å²) in [4.78, 5) is 47.8. The number of carbonyl (C=O) groups excluding carboxylic acids is 4. The summed E-state index contributed by atoms with van der Waals surface area (Å²) < 4.78 is 32.3. The lowest BCUT2D eigenvalue weighted by atomic mass is 9.97. The molecule has 0 radical (unpaired) electrons. The van der Waals surface area contributed by atoms with Crippen LogP contribution in [0.1, 0.15) is 26.3 Å². The summed E-state index contributed by atoms with van der Waals surface area (Å²) in [5.74, 6) is -2.86. The lowest BCUT2D eigenvalue weighted by molar-refractivity contribution is -0.282. The minimum atomic E-state index is -1.52. The molecule has 1 aromatic rings. The maximum absolute atomic E-state index is 12.4. The molecule has 11 nitrogen and oxygen atoms in total. The second kappa shape index (κ2) is 10.8. The Labute approximate surface area is 185 Å². The van der Waals surface area contributed by atoms with Crippen molar-refractivity contribution < 1.29 is 47.6 Å². The highest BCUT2D eigenvalue weighted by molar-refractivity contribution is 5.77. The number of rotatable bonds is 7. The van der Waals surface area contributed by atoms with Crippen molar-refractivity contribution in [2.24, 2.45) is 0 Å². The Kier molecular flexibility index (Phi) is 8.41. The number of methoxy groups -OCH3 is 1. The van der Waals surface area contributed by atoms with Crippen LogP contribution in [0.4, 0.5) is 5.69 Å². The molecule has 1 aliphatic heterocycles. The third-order valence-corrected chi connectivity index (χ3v) is 4.48. The minimum absolute atomic E-state index is 0.316. The van der Waals surface area contributed by atoms with Crippen molar-refractivity contribution in [3.63, 3.8) is 0 Å². The fourth-order valence-corrected chi connectivity index (χ4v) is 3.24. The van der Waals surface area contributed by atoms with Gasteiger partial charge in [-0.1, -0.05) is 6.07 Å². The summed E-state index contributed by atoms with van der Waals surface area (Å²) in [5.41, 5.74) is 1.54. The summed E-state index contributed by atoms with van der Waals surface area (Å²) in [6, 6.07) is 5.24. The van der Waals surface area contributed by atoms with Crippen LogP contribution in [0.2, 0.25) is 0 Å². The van der Waals surface area contributed by atoms with E-state index in [1.165, 1.54) is 0 Å². The number of hydrogen-bond donors (Lipinski definition) is 1. The molecule has 5 atom stereocenters. The van der Waals surface area contributed by atoms with E-state index in [2.05, 4.69) is 5.32 Å². The number of anilines is 1. The number of nitrogens with one attached hydrogen (secondary N) is 1. The van der Waals surface area contributed by atoms with Gasteiger partial charge >= 0.3 is 23.9 Å². The average molecular weight is 453 g/mol. The summed E-state index contributed by atoms with van der Waals surface area (Å²) in [6.45, 7) is 5.25. The standard InChI is InChI=1S/C21H27NO10/c1-10-7-8-15(14(9-10)22-5)31-21-19(30-13(4)25)17(29-12(3)24)16(28-11(2)23)18(32-21)20(26)27-6/h7-9,16-19,21-22H,1-6H3/t16-,17-,18-,19+,21+/m0/s1. The molecule has 2 rings (SSSR count). The fourth-order valence-electron chi connectivity index (χ4n) is 3.24. The lowest BCUT2D eigenvalue weighted by Gasteiger charge is -2.43. The van der Waals surface area contributed by atoms with Gasteiger partial charge in [-0.25, -0.2) is 4.79 Å². The molecule has 11 heteroatoms. The van der Waals surface area contributed by atoms with E-state index in [0.29, 0.717) is 11.4 Å². The van der Waals surface area contributed by atoms with Crippen LogP contribution in [0.25, 0.3) is 0 Å². The lowest BCUT2D eigenvalue weighted by Crippen LogP contribution is -2.64. The molecule has 0 spiro atoms. The van der Waals surface area contributed by atoms with E-state index in [9.17, 15) is 19.2 Å². The first-order valence-corrected chi connectivity index (χ1v) is 9.77. The van der Waals surface area contributed by atoms with Crippen LogP contribution in [0.3, 0.4) is 0 Å². The molecule has 0 aliphatic carbocycles. The van der Waals surface area contributed by atoms with Gasteiger partial charge < -0.3 is 33.7 Å². The minimum Gasteiger partial charge on any atom is -0.467 e. The van der Waals surface area contributed by atoms with Crippen LogP contribution >= 0.6 is 0 Å². The van der Waals surface area contributed by atoms with Gasteiger partial charge in [-0.3, -0.25) is 14.4 Å². The highest BCUT2D eigenvalue weighted by Gasteiger charge is 2.55. The largest absolute Gasteiger partial charge is 0.467 e. The van der Waals surface area contributed by atoms with E-state index >= 15 is 0 Å². The molecular weight excluding hydrogens is 426 g/mol. The van der Waals surface area contributed by atoms with E-state index in [4.69, 9.17) is 28.4 Å². The summed E-state index contributed by atoms with van der Waals surface area (Å²) in [7, 11) is 2.80.